The van der Waals surface area contributed by atoms with Crippen LogP contribution in [0.5, 0.6) is 0 Å². The van der Waals surface area contributed by atoms with E-state index >= 15 is 0 Å². The predicted molar refractivity (Wildman–Crippen MR) is 112 cm³/mol. The highest BCUT2D eigenvalue weighted by Crippen LogP contribution is 2.40. The summed E-state index contributed by atoms with van der Waals surface area (Å²) >= 11 is 7.51. The topological polar surface area (TPSA) is 69.6 Å². The highest BCUT2D eigenvalue weighted by molar-refractivity contribution is 7.98. The molecule has 2 aromatic carbocycles. The van der Waals surface area contributed by atoms with Gasteiger partial charge in [-0.25, -0.2) is 0 Å². The van der Waals surface area contributed by atoms with E-state index in [4.69, 9.17) is 16.1 Å². The standard InChI is InChI=1S/C21H18ClN5OS/c22-17-10-8-15(9-11-17)19-23-18(28-26-19)13-29-21-25-24-20(16-6-7-16)27(21)12-14-4-2-1-3-5-14/h1-5,8-11,16H,6-7,12-13H2. The van der Waals surface area contributed by atoms with Gasteiger partial charge in [-0.15, -0.1) is 10.2 Å². The molecule has 1 fully saturated rings. The molecule has 6 nitrogen and oxygen atoms in total. The van der Waals surface area contributed by atoms with Crippen molar-refractivity contribution in [3.05, 3.63) is 76.9 Å². The Balaban J connectivity index is 1.33. The van der Waals surface area contributed by atoms with Crippen molar-refractivity contribution in [2.24, 2.45) is 0 Å². The minimum atomic E-state index is 0.528. The van der Waals surface area contributed by atoms with Gasteiger partial charge < -0.3 is 9.09 Å². The lowest BCUT2D eigenvalue weighted by Crippen LogP contribution is -2.06. The first-order chi connectivity index (χ1) is 14.3. The summed E-state index contributed by atoms with van der Waals surface area (Å²) in [5.41, 5.74) is 2.11. The van der Waals surface area contributed by atoms with Gasteiger partial charge in [-0.05, 0) is 42.7 Å². The van der Waals surface area contributed by atoms with Gasteiger partial charge in [-0.3, -0.25) is 0 Å². The van der Waals surface area contributed by atoms with Gasteiger partial charge >= 0.3 is 0 Å². The molecule has 2 heterocycles. The van der Waals surface area contributed by atoms with Crippen molar-refractivity contribution in [2.45, 2.75) is 36.2 Å². The van der Waals surface area contributed by atoms with Gasteiger partial charge in [0.25, 0.3) is 0 Å². The molecule has 29 heavy (non-hydrogen) atoms. The number of hydrogen-bond donors (Lipinski definition) is 0. The zero-order chi connectivity index (χ0) is 19.6. The van der Waals surface area contributed by atoms with Crippen LogP contribution >= 0.6 is 23.4 Å². The zero-order valence-corrected chi connectivity index (χ0v) is 17.1. The van der Waals surface area contributed by atoms with Crippen molar-refractivity contribution in [1.82, 2.24) is 24.9 Å². The molecular formula is C21H18ClN5OS. The van der Waals surface area contributed by atoms with Gasteiger partial charge in [0.1, 0.15) is 5.82 Å². The van der Waals surface area contributed by atoms with Crippen molar-refractivity contribution >= 4 is 23.4 Å². The number of nitrogens with zero attached hydrogens (tertiary/aromatic N) is 5. The average molecular weight is 424 g/mol. The van der Waals surface area contributed by atoms with E-state index in [1.807, 2.05) is 30.3 Å². The van der Waals surface area contributed by atoms with Crippen molar-refractivity contribution < 1.29 is 4.52 Å². The molecule has 8 heteroatoms. The number of aromatic nitrogens is 5. The number of thioether (sulfide) groups is 1. The fourth-order valence-corrected chi connectivity index (χ4v) is 4.03. The van der Waals surface area contributed by atoms with Gasteiger partial charge in [0.2, 0.25) is 11.7 Å². The van der Waals surface area contributed by atoms with Gasteiger partial charge in [-0.1, -0.05) is 58.9 Å². The van der Waals surface area contributed by atoms with E-state index in [0.717, 1.165) is 23.1 Å². The summed E-state index contributed by atoms with van der Waals surface area (Å²) in [6.45, 7) is 0.766. The first-order valence-corrected chi connectivity index (χ1v) is 10.8. The fraction of sp³-hybridized carbons (Fsp3) is 0.238. The molecule has 1 aliphatic carbocycles. The summed E-state index contributed by atoms with van der Waals surface area (Å²) in [5.74, 6) is 3.26. The van der Waals surface area contributed by atoms with E-state index < -0.39 is 0 Å². The van der Waals surface area contributed by atoms with Crippen LogP contribution in [0.2, 0.25) is 5.02 Å². The largest absolute Gasteiger partial charge is 0.338 e. The number of benzene rings is 2. The third-order valence-electron chi connectivity index (χ3n) is 4.77. The van der Waals surface area contributed by atoms with E-state index in [1.165, 1.54) is 18.4 Å². The van der Waals surface area contributed by atoms with Crippen molar-refractivity contribution in [3.8, 4) is 11.4 Å². The molecule has 0 saturated heterocycles. The Labute approximate surface area is 177 Å². The maximum Gasteiger partial charge on any atom is 0.237 e. The Hall–Kier alpha value is -2.64. The molecule has 0 atom stereocenters. The Morgan fingerprint density at radius 1 is 1.03 bits per heavy atom. The molecule has 0 bridgehead atoms. The number of halogens is 1. The molecule has 0 N–H and O–H groups in total. The molecule has 0 spiro atoms. The fourth-order valence-electron chi connectivity index (χ4n) is 3.12. The van der Waals surface area contributed by atoms with E-state index in [2.05, 4.69) is 49.2 Å². The second-order valence-electron chi connectivity index (χ2n) is 6.99. The highest BCUT2D eigenvalue weighted by Gasteiger charge is 2.30. The van der Waals surface area contributed by atoms with Gasteiger partial charge in [0, 0.05) is 16.5 Å². The summed E-state index contributed by atoms with van der Waals surface area (Å²) in [7, 11) is 0. The summed E-state index contributed by atoms with van der Waals surface area (Å²) in [6, 6.07) is 17.8. The Morgan fingerprint density at radius 2 is 1.83 bits per heavy atom. The molecule has 146 valence electrons. The van der Waals surface area contributed by atoms with Crippen LogP contribution in [0, 0.1) is 0 Å². The first-order valence-electron chi connectivity index (χ1n) is 9.44. The lowest BCUT2D eigenvalue weighted by atomic mass is 10.2. The van der Waals surface area contributed by atoms with Crippen LogP contribution < -0.4 is 0 Å². The monoisotopic (exact) mass is 423 g/mol. The van der Waals surface area contributed by atoms with Gasteiger partial charge in [-0.2, -0.15) is 4.98 Å². The van der Waals surface area contributed by atoms with Gasteiger partial charge in [0.05, 0.1) is 12.3 Å². The molecule has 5 rings (SSSR count). The third kappa shape index (κ3) is 4.21. The van der Waals surface area contributed by atoms with Crippen LogP contribution in [0.1, 0.15) is 36.0 Å². The molecule has 2 aromatic heterocycles. The van der Waals surface area contributed by atoms with Crippen LogP contribution in [-0.4, -0.2) is 24.9 Å². The van der Waals surface area contributed by atoms with Crippen LogP contribution in [0.15, 0.2) is 64.3 Å². The van der Waals surface area contributed by atoms with Crippen LogP contribution in [-0.2, 0) is 12.3 Å². The molecule has 1 saturated carbocycles. The second kappa shape index (κ2) is 8.00. The Morgan fingerprint density at radius 3 is 2.59 bits per heavy atom. The molecule has 0 unspecified atom stereocenters. The summed E-state index contributed by atoms with van der Waals surface area (Å²) in [6.07, 6.45) is 2.37. The van der Waals surface area contributed by atoms with Crippen LogP contribution in [0.25, 0.3) is 11.4 Å². The van der Waals surface area contributed by atoms with E-state index in [-0.39, 0.29) is 0 Å². The summed E-state index contributed by atoms with van der Waals surface area (Å²) in [5, 5.41) is 14.5. The quantitative estimate of drug-likeness (QED) is 0.380. The lowest BCUT2D eigenvalue weighted by Gasteiger charge is -2.09. The van der Waals surface area contributed by atoms with Crippen molar-refractivity contribution in [1.29, 1.82) is 0 Å². The molecule has 0 aliphatic heterocycles. The SMILES string of the molecule is Clc1ccc(-c2noc(CSc3nnc(C4CC4)n3Cc3ccccc3)n2)cc1. The van der Waals surface area contributed by atoms with E-state index in [0.29, 0.717) is 28.4 Å². The second-order valence-corrected chi connectivity index (χ2v) is 8.37. The Bertz CT molecular complexity index is 1110. The van der Waals surface area contributed by atoms with Crippen molar-refractivity contribution in [2.75, 3.05) is 0 Å². The molecule has 0 amide bonds. The summed E-state index contributed by atoms with van der Waals surface area (Å²) < 4.78 is 7.64. The minimum Gasteiger partial charge on any atom is -0.338 e. The normalized spacial score (nSPS) is 13.7. The van der Waals surface area contributed by atoms with Crippen LogP contribution in [0.4, 0.5) is 0 Å². The maximum absolute atomic E-state index is 5.94. The number of rotatable bonds is 7. The van der Waals surface area contributed by atoms with Crippen LogP contribution in [0.3, 0.4) is 0 Å². The Kier molecular flexibility index (Phi) is 5.08. The third-order valence-corrected chi connectivity index (χ3v) is 5.97. The van der Waals surface area contributed by atoms with Crippen molar-refractivity contribution in [3.63, 3.8) is 0 Å². The highest BCUT2D eigenvalue weighted by atomic mass is 35.5. The molecule has 0 radical (unpaired) electrons. The molecule has 4 aromatic rings. The smallest absolute Gasteiger partial charge is 0.237 e. The molecular weight excluding hydrogens is 406 g/mol. The van der Waals surface area contributed by atoms with Gasteiger partial charge in [0.15, 0.2) is 5.16 Å². The summed E-state index contributed by atoms with van der Waals surface area (Å²) in [4.78, 5) is 4.49. The van der Waals surface area contributed by atoms with E-state index in [9.17, 15) is 0 Å². The lowest BCUT2D eigenvalue weighted by molar-refractivity contribution is 0.391. The predicted octanol–water partition coefficient (Wildman–Crippen LogP) is 5.20. The maximum atomic E-state index is 5.94. The first kappa shape index (κ1) is 18.4. The average Bonchev–Trinajstić information content (AvgIpc) is 3.35. The zero-order valence-electron chi connectivity index (χ0n) is 15.5. The minimum absolute atomic E-state index is 0.528. The number of hydrogen-bond acceptors (Lipinski definition) is 6. The molecule has 1 aliphatic rings. The van der Waals surface area contributed by atoms with E-state index in [1.54, 1.807) is 11.8 Å².